The minimum Gasteiger partial charge on any atom is -0.497 e. The molecule has 2 rings (SSSR count). The molecular weight excluding hydrogens is 314 g/mol. The maximum absolute atomic E-state index is 11.9. The van der Waals surface area contributed by atoms with Crippen molar-refractivity contribution in [2.24, 2.45) is 0 Å². The van der Waals surface area contributed by atoms with Gasteiger partial charge in [0.05, 0.1) is 14.2 Å². The average molecular weight is 334 g/mol. The topological polar surface area (TPSA) is 47.6 Å². The third-order valence-electron chi connectivity index (χ3n) is 3.47. The van der Waals surface area contributed by atoms with E-state index < -0.39 is 0 Å². The molecule has 1 N–H and O–H groups in total. The highest BCUT2D eigenvalue weighted by Crippen LogP contribution is 2.26. The van der Waals surface area contributed by atoms with Crippen LogP contribution in [0.4, 0.5) is 5.69 Å². The minimum absolute atomic E-state index is 0.0141. The van der Waals surface area contributed by atoms with Crippen LogP contribution in [0, 0.1) is 0 Å². The van der Waals surface area contributed by atoms with Gasteiger partial charge in [0.1, 0.15) is 11.5 Å². The summed E-state index contributed by atoms with van der Waals surface area (Å²) in [6, 6.07) is 12.8. The summed E-state index contributed by atoms with van der Waals surface area (Å²) in [5.41, 5.74) is 1.81. The first-order valence-electron chi connectivity index (χ1n) is 7.38. The second kappa shape index (κ2) is 8.44. The molecule has 0 spiro atoms. The number of amides is 1. The Kier molecular flexibility index (Phi) is 6.29. The quantitative estimate of drug-likeness (QED) is 0.821. The van der Waals surface area contributed by atoms with Gasteiger partial charge in [-0.1, -0.05) is 17.7 Å². The fourth-order valence-electron chi connectivity index (χ4n) is 2.25. The molecule has 0 atom stereocenters. The van der Waals surface area contributed by atoms with Crippen molar-refractivity contribution in [2.45, 2.75) is 19.3 Å². The SMILES string of the molecule is COc1ccc(CCCC(=O)Nc2ccc(Cl)cc2)c(OC)c1. The van der Waals surface area contributed by atoms with Crippen LogP contribution >= 0.6 is 11.6 Å². The van der Waals surface area contributed by atoms with Gasteiger partial charge in [0.15, 0.2) is 0 Å². The van der Waals surface area contributed by atoms with E-state index in [1.54, 1.807) is 38.5 Å². The molecule has 0 aliphatic carbocycles. The van der Waals surface area contributed by atoms with Crippen molar-refractivity contribution in [3.8, 4) is 11.5 Å². The van der Waals surface area contributed by atoms with E-state index in [0.717, 1.165) is 35.6 Å². The summed E-state index contributed by atoms with van der Waals surface area (Å²) in [4.78, 5) is 11.9. The zero-order chi connectivity index (χ0) is 16.7. The molecule has 0 saturated heterocycles. The lowest BCUT2D eigenvalue weighted by molar-refractivity contribution is -0.116. The Labute approximate surface area is 141 Å². The van der Waals surface area contributed by atoms with Crippen molar-refractivity contribution in [1.82, 2.24) is 0 Å². The second-order valence-corrected chi connectivity index (χ2v) is 5.52. The van der Waals surface area contributed by atoms with E-state index in [-0.39, 0.29) is 5.91 Å². The van der Waals surface area contributed by atoms with Gasteiger partial charge >= 0.3 is 0 Å². The van der Waals surface area contributed by atoms with Crippen LogP contribution in [0.2, 0.25) is 5.02 Å². The maximum atomic E-state index is 11.9. The fraction of sp³-hybridized carbons (Fsp3) is 0.278. The van der Waals surface area contributed by atoms with Crippen molar-refractivity contribution >= 4 is 23.2 Å². The molecule has 23 heavy (non-hydrogen) atoms. The lowest BCUT2D eigenvalue weighted by Crippen LogP contribution is -2.11. The Morgan fingerprint density at radius 1 is 1.09 bits per heavy atom. The molecule has 1 amide bonds. The molecule has 2 aromatic carbocycles. The van der Waals surface area contributed by atoms with Gasteiger partial charge in [-0.2, -0.15) is 0 Å². The first kappa shape index (κ1) is 17.2. The molecule has 4 nitrogen and oxygen atoms in total. The van der Waals surface area contributed by atoms with Crippen LogP contribution in [0.25, 0.3) is 0 Å². The summed E-state index contributed by atoms with van der Waals surface area (Å²) in [7, 11) is 3.25. The van der Waals surface area contributed by atoms with Crippen molar-refractivity contribution < 1.29 is 14.3 Å². The molecule has 0 fully saturated rings. The smallest absolute Gasteiger partial charge is 0.224 e. The maximum Gasteiger partial charge on any atom is 0.224 e. The number of carbonyl (C=O) groups excluding carboxylic acids is 1. The normalized spacial score (nSPS) is 10.2. The van der Waals surface area contributed by atoms with Crippen LogP contribution in [-0.2, 0) is 11.2 Å². The predicted molar refractivity (Wildman–Crippen MR) is 92.6 cm³/mol. The van der Waals surface area contributed by atoms with Crippen LogP contribution in [0.15, 0.2) is 42.5 Å². The van der Waals surface area contributed by atoms with E-state index >= 15 is 0 Å². The van der Waals surface area contributed by atoms with E-state index in [9.17, 15) is 4.79 Å². The molecule has 122 valence electrons. The van der Waals surface area contributed by atoms with E-state index in [2.05, 4.69) is 5.32 Å². The van der Waals surface area contributed by atoms with Crippen molar-refractivity contribution in [3.05, 3.63) is 53.1 Å². The average Bonchev–Trinajstić information content (AvgIpc) is 2.57. The van der Waals surface area contributed by atoms with Gasteiger partial charge in [0.25, 0.3) is 0 Å². The molecule has 0 aliphatic rings. The molecule has 0 radical (unpaired) electrons. The van der Waals surface area contributed by atoms with Crippen molar-refractivity contribution in [2.75, 3.05) is 19.5 Å². The van der Waals surface area contributed by atoms with Gasteiger partial charge in [-0.05, 0) is 48.7 Å². The van der Waals surface area contributed by atoms with Gasteiger partial charge in [-0.25, -0.2) is 0 Å². The number of hydrogen-bond donors (Lipinski definition) is 1. The monoisotopic (exact) mass is 333 g/mol. The van der Waals surface area contributed by atoms with Crippen LogP contribution < -0.4 is 14.8 Å². The molecule has 2 aromatic rings. The van der Waals surface area contributed by atoms with E-state index in [1.165, 1.54) is 0 Å². The number of nitrogens with one attached hydrogen (secondary N) is 1. The summed E-state index contributed by atoms with van der Waals surface area (Å²) < 4.78 is 10.5. The van der Waals surface area contributed by atoms with Crippen molar-refractivity contribution in [3.63, 3.8) is 0 Å². The number of carbonyl (C=O) groups is 1. The zero-order valence-electron chi connectivity index (χ0n) is 13.3. The summed E-state index contributed by atoms with van der Waals surface area (Å²) in [5.74, 6) is 1.52. The highest BCUT2D eigenvalue weighted by Gasteiger charge is 2.07. The highest BCUT2D eigenvalue weighted by atomic mass is 35.5. The number of hydrogen-bond acceptors (Lipinski definition) is 3. The van der Waals surface area contributed by atoms with Crippen LogP contribution in [0.5, 0.6) is 11.5 Å². The Morgan fingerprint density at radius 2 is 1.83 bits per heavy atom. The van der Waals surface area contributed by atoms with Gasteiger partial charge in [0.2, 0.25) is 5.91 Å². The summed E-state index contributed by atoms with van der Waals surface area (Å²) in [5, 5.41) is 3.50. The van der Waals surface area contributed by atoms with Gasteiger partial charge in [0, 0.05) is 23.2 Å². The molecule has 0 heterocycles. The Bertz CT molecular complexity index is 656. The molecule has 0 bridgehead atoms. The van der Waals surface area contributed by atoms with E-state index in [0.29, 0.717) is 11.4 Å². The number of anilines is 1. The Hall–Kier alpha value is -2.20. The zero-order valence-corrected chi connectivity index (χ0v) is 14.0. The molecule has 0 saturated carbocycles. The first-order chi connectivity index (χ1) is 11.1. The number of aryl methyl sites for hydroxylation is 1. The summed E-state index contributed by atoms with van der Waals surface area (Å²) >= 11 is 5.82. The van der Waals surface area contributed by atoms with Gasteiger partial charge in [-0.3, -0.25) is 4.79 Å². The number of ether oxygens (including phenoxy) is 2. The standard InChI is InChI=1S/C18H20ClNO3/c1-22-16-11-6-13(17(12-16)23-2)4-3-5-18(21)20-15-9-7-14(19)8-10-15/h6-12H,3-5H2,1-2H3,(H,20,21). The van der Waals surface area contributed by atoms with Crippen LogP contribution in [-0.4, -0.2) is 20.1 Å². The highest BCUT2D eigenvalue weighted by molar-refractivity contribution is 6.30. The predicted octanol–water partition coefficient (Wildman–Crippen LogP) is 4.32. The third-order valence-corrected chi connectivity index (χ3v) is 3.72. The lowest BCUT2D eigenvalue weighted by atomic mass is 10.1. The van der Waals surface area contributed by atoms with E-state index in [4.69, 9.17) is 21.1 Å². The number of methoxy groups -OCH3 is 2. The number of benzene rings is 2. The molecule has 0 aliphatic heterocycles. The first-order valence-corrected chi connectivity index (χ1v) is 7.76. The Balaban J connectivity index is 1.84. The Morgan fingerprint density at radius 3 is 2.48 bits per heavy atom. The number of rotatable bonds is 7. The summed E-state index contributed by atoms with van der Waals surface area (Å²) in [6.07, 6.45) is 1.95. The molecule has 0 unspecified atom stereocenters. The molecular formula is C18H20ClNO3. The van der Waals surface area contributed by atoms with Crippen LogP contribution in [0.3, 0.4) is 0 Å². The minimum atomic E-state index is -0.0141. The van der Waals surface area contributed by atoms with E-state index in [1.807, 2.05) is 18.2 Å². The lowest BCUT2D eigenvalue weighted by Gasteiger charge is -2.10. The largest absolute Gasteiger partial charge is 0.497 e. The third kappa shape index (κ3) is 5.18. The fourth-order valence-corrected chi connectivity index (χ4v) is 2.38. The van der Waals surface area contributed by atoms with Crippen molar-refractivity contribution in [1.29, 1.82) is 0 Å². The molecule has 0 aromatic heterocycles. The van der Waals surface area contributed by atoms with Crippen LogP contribution in [0.1, 0.15) is 18.4 Å². The number of halogens is 1. The van der Waals surface area contributed by atoms with Gasteiger partial charge in [-0.15, -0.1) is 0 Å². The summed E-state index contributed by atoms with van der Waals surface area (Å²) in [6.45, 7) is 0. The molecule has 5 heteroatoms. The van der Waals surface area contributed by atoms with Gasteiger partial charge < -0.3 is 14.8 Å². The second-order valence-electron chi connectivity index (χ2n) is 5.09.